The Morgan fingerprint density at radius 2 is 1.92 bits per heavy atom. The lowest BCUT2D eigenvalue weighted by Gasteiger charge is -2.03. The van der Waals surface area contributed by atoms with Crippen molar-refractivity contribution in [1.82, 2.24) is 0 Å². The summed E-state index contributed by atoms with van der Waals surface area (Å²) in [5, 5.41) is 25.9. The lowest BCUT2D eigenvalue weighted by Crippen LogP contribution is -1.91. The van der Waals surface area contributed by atoms with Crippen LogP contribution in [-0.2, 0) is 6.42 Å². The molecule has 0 saturated carbocycles. The number of hydrogen-bond donors (Lipinski definition) is 2. The van der Waals surface area contributed by atoms with E-state index >= 15 is 0 Å². The second kappa shape index (κ2) is 3.27. The molecule has 2 N–H and O–H groups in total. The first-order valence-corrected chi connectivity index (χ1v) is 3.33. The third-order valence-corrected chi connectivity index (χ3v) is 1.52. The van der Waals surface area contributed by atoms with Crippen LogP contribution in [0.5, 0.6) is 11.5 Å². The molecule has 0 spiro atoms. The van der Waals surface area contributed by atoms with Gasteiger partial charge in [-0.3, -0.25) is 0 Å². The van der Waals surface area contributed by atoms with Crippen molar-refractivity contribution in [3.8, 4) is 17.6 Å². The van der Waals surface area contributed by atoms with Gasteiger partial charge in [0.05, 0.1) is 12.5 Å². The number of hydrogen-bond acceptors (Lipinski definition) is 3. The van der Waals surface area contributed by atoms with Crippen molar-refractivity contribution in [2.75, 3.05) is 0 Å². The molecule has 0 aliphatic heterocycles. The third-order valence-electron chi connectivity index (χ3n) is 1.52. The lowest BCUT2D eigenvalue weighted by atomic mass is 10.1. The maximum atomic E-state index is 12.7. The molecule has 0 saturated heterocycles. The topological polar surface area (TPSA) is 64.2 Å². The van der Waals surface area contributed by atoms with Gasteiger partial charge in [0, 0.05) is 5.56 Å². The molecular formula is C8H5F2NO2. The van der Waals surface area contributed by atoms with Gasteiger partial charge in [-0.05, 0) is 6.07 Å². The van der Waals surface area contributed by atoms with Crippen LogP contribution in [0.25, 0.3) is 0 Å². The van der Waals surface area contributed by atoms with Crippen LogP contribution >= 0.6 is 0 Å². The first-order valence-electron chi connectivity index (χ1n) is 3.33. The molecule has 0 atom stereocenters. The molecule has 1 rings (SSSR count). The summed E-state index contributed by atoms with van der Waals surface area (Å²) in [4.78, 5) is 0. The number of aromatic hydroxyl groups is 2. The molecule has 0 amide bonds. The van der Waals surface area contributed by atoms with Crippen LogP contribution in [0.3, 0.4) is 0 Å². The van der Waals surface area contributed by atoms with Gasteiger partial charge in [-0.1, -0.05) is 0 Å². The zero-order valence-corrected chi connectivity index (χ0v) is 6.38. The Hall–Kier alpha value is -1.83. The molecule has 0 aliphatic carbocycles. The Balaban J connectivity index is 3.34. The maximum Gasteiger partial charge on any atom is 0.209 e. The molecule has 13 heavy (non-hydrogen) atoms. The van der Waals surface area contributed by atoms with Crippen LogP contribution in [-0.4, -0.2) is 10.2 Å². The molecule has 0 bridgehead atoms. The highest BCUT2D eigenvalue weighted by atomic mass is 19.1. The van der Waals surface area contributed by atoms with Gasteiger partial charge in [-0.25, -0.2) is 4.39 Å². The van der Waals surface area contributed by atoms with Crippen LogP contribution in [0.1, 0.15) is 5.56 Å². The van der Waals surface area contributed by atoms with Crippen molar-refractivity contribution in [3.05, 3.63) is 23.3 Å². The zero-order chi connectivity index (χ0) is 10.0. The largest absolute Gasteiger partial charge is 0.505 e. The first-order chi connectivity index (χ1) is 6.07. The van der Waals surface area contributed by atoms with Gasteiger partial charge in [-0.15, -0.1) is 0 Å². The van der Waals surface area contributed by atoms with Crippen molar-refractivity contribution in [1.29, 1.82) is 5.26 Å². The monoisotopic (exact) mass is 185 g/mol. The Bertz CT molecular complexity index is 385. The van der Waals surface area contributed by atoms with Gasteiger partial charge in [0.1, 0.15) is 0 Å². The molecule has 5 heteroatoms. The fraction of sp³-hybridized carbons (Fsp3) is 0.125. The smallest absolute Gasteiger partial charge is 0.209 e. The molecule has 0 aromatic heterocycles. The molecule has 0 radical (unpaired) electrons. The number of rotatable bonds is 1. The Morgan fingerprint density at radius 1 is 1.31 bits per heavy atom. The fourth-order valence-electron chi connectivity index (χ4n) is 0.868. The maximum absolute atomic E-state index is 12.7. The molecular weight excluding hydrogens is 180 g/mol. The van der Waals surface area contributed by atoms with Gasteiger partial charge in [0.25, 0.3) is 0 Å². The van der Waals surface area contributed by atoms with E-state index < -0.39 is 23.1 Å². The highest BCUT2D eigenvalue weighted by Crippen LogP contribution is 2.31. The number of phenolic OH excluding ortho intramolecular Hbond substituents is 2. The van der Waals surface area contributed by atoms with E-state index in [1.807, 2.05) is 0 Å². The number of benzene rings is 1. The second-order valence-corrected chi connectivity index (χ2v) is 2.36. The summed E-state index contributed by atoms with van der Waals surface area (Å²) < 4.78 is 25.4. The summed E-state index contributed by atoms with van der Waals surface area (Å²) in [6.45, 7) is 0. The predicted molar refractivity (Wildman–Crippen MR) is 39.0 cm³/mol. The highest BCUT2D eigenvalue weighted by molar-refractivity contribution is 5.43. The summed E-state index contributed by atoms with van der Waals surface area (Å²) in [5.74, 6) is -4.76. The summed E-state index contributed by atoms with van der Waals surface area (Å²) in [6, 6.07) is 2.34. The average Bonchev–Trinajstić information content (AvgIpc) is 2.11. The van der Waals surface area contributed by atoms with Crippen LogP contribution < -0.4 is 0 Å². The van der Waals surface area contributed by atoms with Crippen molar-refractivity contribution in [3.63, 3.8) is 0 Å². The highest BCUT2D eigenvalue weighted by Gasteiger charge is 2.16. The Morgan fingerprint density at radius 3 is 2.46 bits per heavy atom. The van der Waals surface area contributed by atoms with Crippen LogP contribution in [0.15, 0.2) is 6.07 Å². The number of nitrogens with zero attached hydrogens (tertiary/aromatic N) is 1. The molecule has 68 valence electrons. The molecule has 0 heterocycles. The molecule has 0 aliphatic rings. The molecule has 1 aromatic rings. The van der Waals surface area contributed by atoms with Gasteiger partial charge in [0.2, 0.25) is 5.82 Å². The summed E-state index contributed by atoms with van der Waals surface area (Å²) in [6.07, 6.45) is -0.319. The minimum absolute atomic E-state index is 0.185. The van der Waals surface area contributed by atoms with E-state index in [0.717, 1.165) is 6.07 Å². The van der Waals surface area contributed by atoms with E-state index in [4.69, 9.17) is 15.5 Å². The van der Waals surface area contributed by atoms with E-state index in [1.165, 1.54) is 0 Å². The quantitative estimate of drug-likeness (QED) is 0.695. The number of halogens is 2. The van der Waals surface area contributed by atoms with Crippen LogP contribution in [0, 0.1) is 23.0 Å². The van der Waals surface area contributed by atoms with Gasteiger partial charge >= 0.3 is 0 Å². The summed E-state index contributed by atoms with van der Waals surface area (Å²) >= 11 is 0. The Kier molecular flexibility index (Phi) is 2.33. The summed E-state index contributed by atoms with van der Waals surface area (Å²) in [5.41, 5.74) is -0.185. The second-order valence-electron chi connectivity index (χ2n) is 2.36. The van der Waals surface area contributed by atoms with Crippen LogP contribution in [0.2, 0.25) is 0 Å². The van der Waals surface area contributed by atoms with E-state index in [9.17, 15) is 8.78 Å². The predicted octanol–water partition coefficient (Wildman–Crippen LogP) is 1.44. The fourth-order valence-corrected chi connectivity index (χ4v) is 0.868. The van der Waals surface area contributed by atoms with Gasteiger partial charge in [0.15, 0.2) is 17.3 Å². The standard InChI is InChI=1S/C8H5F2NO2/c9-5-3-4(1-2-11)7(12)6(10)8(5)13/h3,12-13H,1H2. The zero-order valence-electron chi connectivity index (χ0n) is 6.38. The Labute approximate surface area is 72.5 Å². The SMILES string of the molecule is N#CCc1cc(F)c(O)c(F)c1O. The van der Waals surface area contributed by atoms with Crippen molar-refractivity contribution < 1.29 is 19.0 Å². The van der Waals surface area contributed by atoms with Crippen molar-refractivity contribution >= 4 is 0 Å². The number of phenols is 2. The van der Waals surface area contributed by atoms with E-state index in [2.05, 4.69) is 0 Å². The van der Waals surface area contributed by atoms with Crippen LogP contribution in [0.4, 0.5) is 8.78 Å². The average molecular weight is 185 g/mol. The molecule has 1 aromatic carbocycles. The number of nitriles is 1. The van der Waals surface area contributed by atoms with Crippen molar-refractivity contribution in [2.45, 2.75) is 6.42 Å². The lowest BCUT2D eigenvalue weighted by molar-refractivity contribution is 0.364. The van der Waals surface area contributed by atoms with Crippen molar-refractivity contribution in [2.24, 2.45) is 0 Å². The van der Waals surface area contributed by atoms with Gasteiger partial charge in [-0.2, -0.15) is 9.65 Å². The molecule has 0 fully saturated rings. The van der Waals surface area contributed by atoms with E-state index in [1.54, 1.807) is 6.07 Å². The normalized spacial score (nSPS) is 9.62. The summed E-state index contributed by atoms with van der Waals surface area (Å²) in [7, 11) is 0. The van der Waals surface area contributed by atoms with E-state index in [0.29, 0.717) is 0 Å². The minimum atomic E-state index is -1.44. The first kappa shape index (κ1) is 9.26. The van der Waals surface area contributed by atoms with Gasteiger partial charge < -0.3 is 10.2 Å². The van der Waals surface area contributed by atoms with E-state index in [-0.39, 0.29) is 12.0 Å². The molecule has 3 nitrogen and oxygen atoms in total. The minimum Gasteiger partial charge on any atom is -0.505 e. The molecule has 0 unspecified atom stereocenters. The third kappa shape index (κ3) is 1.51.